The first-order valence-corrected chi connectivity index (χ1v) is 16.5. The van der Waals surface area contributed by atoms with E-state index >= 15 is 0 Å². The van der Waals surface area contributed by atoms with Crippen LogP contribution in [0.1, 0.15) is 23.1 Å². The van der Waals surface area contributed by atoms with Crippen LogP contribution in [0.4, 0.5) is 0 Å². The zero-order chi connectivity index (χ0) is 32.3. The lowest BCUT2D eigenvalue weighted by Gasteiger charge is -2.08. The fourth-order valence-corrected chi connectivity index (χ4v) is 7.21. The molecule has 0 amide bonds. The number of hydrogen-bond donors (Lipinski definition) is 0. The SMILES string of the molecule is C1=C(c2ccc3ccccc3c2)N=C(c2cccc3oc4ccc(-c5cccc6oc7ccccc7c56)cc4c23)N=C(c2ccccc2)C1. The Morgan fingerprint density at radius 3 is 1.96 bits per heavy atom. The van der Waals surface area contributed by atoms with Crippen LogP contribution in [0, 0.1) is 0 Å². The van der Waals surface area contributed by atoms with Gasteiger partial charge >= 0.3 is 0 Å². The average Bonchev–Trinajstić information content (AvgIpc) is 3.65. The molecule has 9 aromatic rings. The lowest BCUT2D eigenvalue weighted by molar-refractivity contribution is 0.669. The summed E-state index contributed by atoms with van der Waals surface area (Å²) in [6.07, 6.45) is 2.86. The van der Waals surface area contributed by atoms with E-state index in [9.17, 15) is 0 Å². The van der Waals surface area contributed by atoms with Crippen molar-refractivity contribution in [3.05, 3.63) is 174 Å². The Labute approximate surface area is 282 Å². The van der Waals surface area contributed by atoms with Crippen LogP contribution in [-0.4, -0.2) is 11.5 Å². The molecule has 0 atom stereocenters. The largest absolute Gasteiger partial charge is 0.456 e. The fourth-order valence-electron chi connectivity index (χ4n) is 7.21. The van der Waals surface area contributed by atoms with Gasteiger partial charge in [0.2, 0.25) is 0 Å². The van der Waals surface area contributed by atoms with Gasteiger partial charge < -0.3 is 8.83 Å². The first kappa shape index (κ1) is 27.6. The third-order valence-corrected chi connectivity index (χ3v) is 9.56. The normalized spacial score (nSPS) is 13.6. The molecule has 230 valence electrons. The van der Waals surface area contributed by atoms with Crippen LogP contribution >= 0.6 is 0 Å². The Morgan fingerprint density at radius 1 is 0.429 bits per heavy atom. The van der Waals surface area contributed by atoms with E-state index in [1.807, 2.05) is 36.4 Å². The van der Waals surface area contributed by atoms with Crippen molar-refractivity contribution in [2.45, 2.75) is 6.42 Å². The smallest absolute Gasteiger partial charge is 0.160 e. The summed E-state index contributed by atoms with van der Waals surface area (Å²) >= 11 is 0. The van der Waals surface area contributed by atoms with E-state index in [-0.39, 0.29) is 0 Å². The number of fused-ring (bicyclic) bond motifs is 7. The van der Waals surface area contributed by atoms with Gasteiger partial charge in [0, 0.05) is 39.1 Å². The van der Waals surface area contributed by atoms with Gasteiger partial charge in [0.15, 0.2) is 5.84 Å². The van der Waals surface area contributed by atoms with Crippen molar-refractivity contribution in [1.82, 2.24) is 0 Å². The van der Waals surface area contributed by atoms with Crippen molar-refractivity contribution in [2.24, 2.45) is 9.98 Å². The number of hydrogen-bond acceptors (Lipinski definition) is 4. The van der Waals surface area contributed by atoms with Crippen molar-refractivity contribution >= 4 is 71.9 Å². The molecule has 49 heavy (non-hydrogen) atoms. The number of aliphatic imine (C=N–C) groups is 2. The van der Waals surface area contributed by atoms with E-state index in [1.165, 1.54) is 10.8 Å². The minimum absolute atomic E-state index is 0.661. The summed E-state index contributed by atoms with van der Waals surface area (Å²) < 4.78 is 12.7. The molecule has 0 fully saturated rings. The van der Waals surface area contributed by atoms with Crippen LogP contribution in [0.25, 0.3) is 71.5 Å². The summed E-state index contributed by atoms with van der Waals surface area (Å²) in [7, 11) is 0. The van der Waals surface area contributed by atoms with Gasteiger partial charge in [-0.05, 0) is 63.9 Å². The monoisotopic (exact) mass is 628 g/mol. The van der Waals surface area contributed by atoms with Crippen LogP contribution in [0.3, 0.4) is 0 Å². The van der Waals surface area contributed by atoms with Crippen molar-refractivity contribution in [3.8, 4) is 11.1 Å². The van der Waals surface area contributed by atoms with Crippen LogP contribution in [-0.2, 0) is 0 Å². The van der Waals surface area contributed by atoms with Crippen LogP contribution < -0.4 is 0 Å². The second-order valence-electron chi connectivity index (χ2n) is 12.5. The van der Waals surface area contributed by atoms with Crippen molar-refractivity contribution < 1.29 is 8.83 Å². The Morgan fingerprint density at radius 2 is 1.10 bits per heavy atom. The molecule has 2 aromatic heterocycles. The first-order chi connectivity index (χ1) is 24.3. The van der Waals surface area contributed by atoms with Crippen LogP contribution in [0.5, 0.6) is 0 Å². The van der Waals surface area contributed by atoms with Crippen LogP contribution in [0.2, 0.25) is 0 Å². The van der Waals surface area contributed by atoms with Gasteiger partial charge in [0.1, 0.15) is 22.3 Å². The number of rotatable bonds is 4. The molecule has 1 aliphatic rings. The molecule has 0 N–H and O–H groups in total. The maximum Gasteiger partial charge on any atom is 0.160 e. The Hall–Kier alpha value is -6.52. The number of nitrogens with zero attached hydrogens (tertiary/aromatic N) is 2. The molecule has 10 rings (SSSR count). The molecule has 4 heteroatoms. The average molecular weight is 629 g/mol. The molecule has 0 unspecified atom stereocenters. The van der Waals surface area contributed by atoms with Gasteiger partial charge in [-0.1, -0.05) is 121 Å². The number of amidine groups is 1. The zero-order valence-corrected chi connectivity index (χ0v) is 26.4. The predicted molar refractivity (Wildman–Crippen MR) is 202 cm³/mol. The number of allylic oxidation sites excluding steroid dienone is 1. The summed E-state index contributed by atoms with van der Waals surface area (Å²) in [6.45, 7) is 0. The molecule has 0 saturated heterocycles. The van der Waals surface area contributed by atoms with Gasteiger partial charge in [-0.25, -0.2) is 9.98 Å². The third-order valence-electron chi connectivity index (χ3n) is 9.56. The Kier molecular flexibility index (Phi) is 6.21. The first-order valence-electron chi connectivity index (χ1n) is 16.5. The molecule has 0 radical (unpaired) electrons. The highest BCUT2D eigenvalue weighted by Gasteiger charge is 2.20. The maximum absolute atomic E-state index is 6.48. The van der Waals surface area contributed by atoms with Gasteiger partial charge in [-0.3, -0.25) is 0 Å². The summed E-state index contributed by atoms with van der Waals surface area (Å²) in [4.78, 5) is 10.6. The van der Waals surface area contributed by atoms with Gasteiger partial charge in [0.05, 0.1) is 11.4 Å². The van der Waals surface area contributed by atoms with Crippen molar-refractivity contribution in [3.63, 3.8) is 0 Å². The summed E-state index contributed by atoms with van der Waals surface area (Å²) in [5, 5.41) is 6.62. The third kappa shape index (κ3) is 4.61. The van der Waals surface area contributed by atoms with E-state index in [2.05, 4.69) is 121 Å². The molecular formula is C45H28N2O2. The second kappa shape index (κ2) is 11.0. The molecule has 0 saturated carbocycles. The quantitative estimate of drug-likeness (QED) is 0.195. The molecule has 7 aromatic carbocycles. The predicted octanol–water partition coefficient (Wildman–Crippen LogP) is 12.0. The van der Waals surface area contributed by atoms with Gasteiger partial charge in [-0.15, -0.1) is 0 Å². The molecule has 4 nitrogen and oxygen atoms in total. The summed E-state index contributed by atoms with van der Waals surface area (Å²) in [5.41, 5.74) is 10.5. The minimum Gasteiger partial charge on any atom is -0.456 e. The highest BCUT2D eigenvalue weighted by molar-refractivity contribution is 6.23. The van der Waals surface area contributed by atoms with Gasteiger partial charge in [0.25, 0.3) is 0 Å². The fraction of sp³-hybridized carbons (Fsp3) is 0.0222. The standard InChI is InChI=1S/C45H28N2O2/c1-2-11-29(12-3-1)37-23-24-38(32-21-20-28-10-4-5-13-30(28)26-32)47-45(46-37)35-16-9-19-42-44(35)36-27-31(22-25-40(36)49-42)33-15-8-18-41-43(33)34-14-6-7-17-39(34)48-41/h1-22,24-27H,23H2. The minimum atomic E-state index is 0.661. The maximum atomic E-state index is 6.48. The van der Waals surface area contributed by atoms with E-state index in [0.29, 0.717) is 12.3 Å². The Balaban J connectivity index is 1.19. The molecule has 0 aliphatic carbocycles. The molecule has 0 bridgehead atoms. The molecule has 3 heterocycles. The van der Waals surface area contributed by atoms with E-state index in [1.54, 1.807) is 0 Å². The number of benzene rings is 7. The van der Waals surface area contributed by atoms with E-state index in [4.69, 9.17) is 18.8 Å². The van der Waals surface area contributed by atoms with Crippen molar-refractivity contribution in [2.75, 3.05) is 0 Å². The van der Waals surface area contributed by atoms with Crippen molar-refractivity contribution in [1.29, 1.82) is 0 Å². The zero-order valence-electron chi connectivity index (χ0n) is 26.4. The highest BCUT2D eigenvalue weighted by Crippen LogP contribution is 2.40. The lowest BCUT2D eigenvalue weighted by atomic mass is 9.97. The van der Waals surface area contributed by atoms with E-state index in [0.717, 1.165) is 83.1 Å². The van der Waals surface area contributed by atoms with Gasteiger partial charge in [-0.2, -0.15) is 0 Å². The van der Waals surface area contributed by atoms with Crippen LogP contribution in [0.15, 0.2) is 177 Å². The second-order valence-corrected chi connectivity index (χ2v) is 12.5. The number of furan rings is 2. The Bertz CT molecular complexity index is 2850. The molecular weight excluding hydrogens is 601 g/mol. The summed E-state index contributed by atoms with van der Waals surface area (Å²) in [5.74, 6) is 0.664. The molecule has 0 spiro atoms. The number of para-hydroxylation sites is 1. The molecule has 1 aliphatic heterocycles. The van der Waals surface area contributed by atoms with E-state index < -0.39 is 0 Å². The lowest BCUT2D eigenvalue weighted by Crippen LogP contribution is -2.05. The topological polar surface area (TPSA) is 51.0 Å². The highest BCUT2D eigenvalue weighted by atomic mass is 16.3. The summed E-state index contributed by atoms with van der Waals surface area (Å²) in [6, 6.07) is 52.5.